The second-order valence-corrected chi connectivity index (χ2v) is 6.42. The van der Waals surface area contributed by atoms with E-state index in [9.17, 15) is 9.59 Å². The molecule has 0 aliphatic carbocycles. The van der Waals surface area contributed by atoms with Crippen LogP contribution in [0.3, 0.4) is 0 Å². The molecule has 0 atom stereocenters. The standard InChI is InChI=1S/C21H18ClN3O3/c1-13-5-3-4-6-17(13)25-20(26)19-12-15(9-10-23-19)24-18-11-14(21(27)28-2)7-8-16(18)22/h3-12H,1-2H3,(H,23,24)(H,25,26). The fourth-order valence-corrected chi connectivity index (χ4v) is 2.72. The monoisotopic (exact) mass is 395 g/mol. The van der Waals surface area contributed by atoms with Gasteiger partial charge in [-0.3, -0.25) is 9.78 Å². The number of aryl methyl sites for hydroxylation is 1. The fraction of sp³-hybridized carbons (Fsp3) is 0.0952. The molecule has 1 heterocycles. The summed E-state index contributed by atoms with van der Waals surface area (Å²) in [5, 5.41) is 6.37. The predicted octanol–water partition coefficient (Wildman–Crippen LogP) is 4.83. The molecule has 0 fully saturated rings. The molecule has 0 aliphatic heterocycles. The van der Waals surface area contributed by atoms with Gasteiger partial charge in [0.1, 0.15) is 5.69 Å². The number of aromatic nitrogens is 1. The molecule has 2 aromatic carbocycles. The molecule has 2 N–H and O–H groups in total. The third kappa shape index (κ3) is 4.47. The second-order valence-electron chi connectivity index (χ2n) is 6.01. The maximum absolute atomic E-state index is 12.5. The van der Waals surface area contributed by atoms with Crippen molar-refractivity contribution in [3.63, 3.8) is 0 Å². The first-order valence-electron chi connectivity index (χ1n) is 8.46. The number of rotatable bonds is 5. The number of benzene rings is 2. The van der Waals surface area contributed by atoms with Crippen LogP contribution in [0.25, 0.3) is 0 Å². The van der Waals surface area contributed by atoms with Crippen molar-refractivity contribution >= 4 is 40.5 Å². The van der Waals surface area contributed by atoms with Crippen LogP contribution in [-0.2, 0) is 4.74 Å². The van der Waals surface area contributed by atoms with E-state index in [4.69, 9.17) is 16.3 Å². The maximum atomic E-state index is 12.5. The summed E-state index contributed by atoms with van der Waals surface area (Å²) in [5.41, 5.74) is 3.40. The van der Waals surface area contributed by atoms with Crippen LogP contribution in [-0.4, -0.2) is 24.0 Å². The summed E-state index contributed by atoms with van der Waals surface area (Å²) in [6.45, 7) is 1.91. The highest BCUT2D eigenvalue weighted by Crippen LogP contribution is 2.27. The van der Waals surface area contributed by atoms with Gasteiger partial charge in [-0.1, -0.05) is 29.8 Å². The first-order chi connectivity index (χ1) is 13.5. The van der Waals surface area contributed by atoms with Crippen molar-refractivity contribution in [3.05, 3.63) is 82.6 Å². The minimum atomic E-state index is -0.465. The van der Waals surface area contributed by atoms with Crippen molar-refractivity contribution in [1.29, 1.82) is 0 Å². The van der Waals surface area contributed by atoms with Gasteiger partial charge in [0.2, 0.25) is 0 Å². The number of nitrogens with one attached hydrogen (secondary N) is 2. The lowest BCUT2D eigenvalue weighted by molar-refractivity contribution is 0.0600. The minimum Gasteiger partial charge on any atom is -0.465 e. The fourth-order valence-electron chi connectivity index (χ4n) is 2.55. The molecule has 1 amide bonds. The van der Waals surface area contributed by atoms with Crippen molar-refractivity contribution in [3.8, 4) is 0 Å². The molecule has 0 radical (unpaired) electrons. The Bertz CT molecular complexity index is 1040. The van der Waals surface area contributed by atoms with Gasteiger partial charge in [-0.15, -0.1) is 0 Å². The van der Waals surface area contributed by atoms with E-state index in [2.05, 4.69) is 15.6 Å². The summed E-state index contributed by atoms with van der Waals surface area (Å²) in [4.78, 5) is 28.4. The van der Waals surface area contributed by atoms with Gasteiger partial charge in [-0.2, -0.15) is 0 Å². The van der Waals surface area contributed by atoms with Crippen molar-refractivity contribution < 1.29 is 14.3 Å². The number of methoxy groups -OCH3 is 1. The van der Waals surface area contributed by atoms with Gasteiger partial charge >= 0.3 is 5.97 Å². The molecule has 142 valence electrons. The summed E-state index contributed by atoms with van der Waals surface area (Å²) >= 11 is 6.21. The number of anilines is 3. The Morgan fingerprint density at radius 1 is 1.04 bits per heavy atom. The van der Waals surface area contributed by atoms with Gasteiger partial charge in [-0.25, -0.2) is 4.79 Å². The number of halogens is 1. The van der Waals surface area contributed by atoms with E-state index in [1.807, 2.05) is 31.2 Å². The van der Waals surface area contributed by atoms with Gasteiger partial charge in [0.25, 0.3) is 5.91 Å². The van der Waals surface area contributed by atoms with E-state index >= 15 is 0 Å². The van der Waals surface area contributed by atoms with Crippen molar-refractivity contribution in [1.82, 2.24) is 4.98 Å². The first kappa shape index (κ1) is 19.4. The number of ether oxygens (including phenoxy) is 1. The van der Waals surface area contributed by atoms with E-state index in [-0.39, 0.29) is 11.6 Å². The number of hydrogen-bond acceptors (Lipinski definition) is 5. The van der Waals surface area contributed by atoms with E-state index in [1.54, 1.807) is 30.3 Å². The molecule has 3 rings (SSSR count). The maximum Gasteiger partial charge on any atom is 0.337 e. The van der Waals surface area contributed by atoms with Gasteiger partial charge in [0, 0.05) is 17.6 Å². The van der Waals surface area contributed by atoms with Crippen molar-refractivity contribution in [2.45, 2.75) is 6.92 Å². The predicted molar refractivity (Wildman–Crippen MR) is 109 cm³/mol. The zero-order valence-corrected chi connectivity index (χ0v) is 16.1. The van der Waals surface area contributed by atoms with Crippen LogP contribution in [0.15, 0.2) is 60.8 Å². The first-order valence-corrected chi connectivity index (χ1v) is 8.83. The summed E-state index contributed by atoms with van der Waals surface area (Å²) in [7, 11) is 1.31. The lowest BCUT2D eigenvalue weighted by Crippen LogP contribution is -2.14. The van der Waals surface area contributed by atoms with Crippen LogP contribution in [0.5, 0.6) is 0 Å². The molecule has 0 aliphatic rings. The zero-order valence-electron chi connectivity index (χ0n) is 15.3. The van der Waals surface area contributed by atoms with Gasteiger partial charge in [-0.05, 0) is 48.9 Å². The molecule has 0 spiro atoms. The SMILES string of the molecule is COC(=O)c1ccc(Cl)c(Nc2ccnc(C(=O)Nc3ccccc3C)c2)c1. The largest absolute Gasteiger partial charge is 0.465 e. The normalized spacial score (nSPS) is 10.2. The molecule has 3 aromatic rings. The summed E-state index contributed by atoms with van der Waals surface area (Å²) < 4.78 is 4.73. The Morgan fingerprint density at radius 3 is 2.57 bits per heavy atom. The van der Waals surface area contributed by atoms with E-state index in [0.29, 0.717) is 22.0 Å². The number of amides is 1. The van der Waals surface area contributed by atoms with Crippen molar-refractivity contribution in [2.75, 3.05) is 17.7 Å². The van der Waals surface area contributed by atoms with Crippen molar-refractivity contribution in [2.24, 2.45) is 0 Å². The molecule has 0 bridgehead atoms. The third-order valence-electron chi connectivity index (χ3n) is 4.05. The van der Waals surface area contributed by atoms with Gasteiger partial charge in [0.15, 0.2) is 0 Å². The summed E-state index contributed by atoms with van der Waals surface area (Å²) in [6, 6.07) is 15.6. The molecular weight excluding hydrogens is 378 g/mol. The molecule has 0 unspecified atom stereocenters. The Morgan fingerprint density at radius 2 is 1.82 bits per heavy atom. The molecule has 1 aromatic heterocycles. The second kappa shape index (κ2) is 8.54. The number of pyridine rings is 1. The number of hydrogen-bond donors (Lipinski definition) is 2. The van der Waals surface area contributed by atoms with Gasteiger partial charge in [0.05, 0.1) is 23.4 Å². The molecule has 0 saturated heterocycles. The Hall–Kier alpha value is -3.38. The van der Waals surface area contributed by atoms with Crippen LogP contribution < -0.4 is 10.6 Å². The molecule has 6 nitrogen and oxygen atoms in total. The molecule has 0 saturated carbocycles. The quantitative estimate of drug-likeness (QED) is 0.605. The topological polar surface area (TPSA) is 80.3 Å². The van der Waals surface area contributed by atoms with E-state index < -0.39 is 5.97 Å². The third-order valence-corrected chi connectivity index (χ3v) is 4.38. The minimum absolute atomic E-state index is 0.244. The van der Waals surface area contributed by atoms with Crippen LogP contribution in [0.2, 0.25) is 5.02 Å². The molecule has 28 heavy (non-hydrogen) atoms. The Labute approximate surface area is 167 Å². The highest BCUT2D eigenvalue weighted by atomic mass is 35.5. The average molecular weight is 396 g/mol. The lowest BCUT2D eigenvalue weighted by Gasteiger charge is -2.11. The van der Waals surface area contributed by atoms with Crippen LogP contribution >= 0.6 is 11.6 Å². The number of carbonyl (C=O) groups excluding carboxylic acids is 2. The Kier molecular flexibility index (Phi) is 5.91. The Balaban J connectivity index is 1.81. The smallest absolute Gasteiger partial charge is 0.337 e. The van der Waals surface area contributed by atoms with E-state index in [1.165, 1.54) is 13.3 Å². The molecule has 7 heteroatoms. The zero-order chi connectivity index (χ0) is 20.1. The van der Waals surface area contributed by atoms with Crippen LogP contribution in [0.1, 0.15) is 26.4 Å². The number of para-hydroxylation sites is 1. The van der Waals surface area contributed by atoms with E-state index in [0.717, 1.165) is 11.3 Å². The molecular formula is C21H18ClN3O3. The summed E-state index contributed by atoms with van der Waals surface area (Å²) in [6.07, 6.45) is 1.52. The van der Waals surface area contributed by atoms with Crippen LogP contribution in [0.4, 0.5) is 17.1 Å². The highest BCUT2D eigenvalue weighted by Gasteiger charge is 2.12. The van der Waals surface area contributed by atoms with Crippen LogP contribution in [0, 0.1) is 6.92 Å². The highest BCUT2D eigenvalue weighted by molar-refractivity contribution is 6.33. The lowest BCUT2D eigenvalue weighted by atomic mass is 10.2. The summed E-state index contributed by atoms with van der Waals surface area (Å²) in [5.74, 6) is -0.792. The number of esters is 1. The number of nitrogens with zero attached hydrogens (tertiary/aromatic N) is 1. The number of carbonyl (C=O) groups is 2. The average Bonchev–Trinajstić information content (AvgIpc) is 2.71. The van der Waals surface area contributed by atoms with Gasteiger partial charge < -0.3 is 15.4 Å².